The lowest BCUT2D eigenvalue weighted by Gasteiger charge is -2.07. The van der Waals surface area contributed by atoms with Crippen LogP contribution in [0.2, 0.25) is 0 Å². The normalized spacial score (nSPS) is 10.3. The van der Waals surface area contributed by atoms with Gasteiger partial charge in [-0.3, -0.25) is 4.79 Å². The SMILES string of the molecule is Cc1cccc(C(=O)Nc2ccc(CBr)cc2)c1F. The highest BCUT2D eigenvalue weighted by Gasteiger charge is 2.13. The Morgan fingerprint density at radius 2 is 1.89 bits per heavy atom. The first-order chi connectivity index (χ1) is 9.11. The van der Waals surface area contributed by atoms with Crippen molar-refractivity contribution in [3.63, 3.8) is 0 Å². The molecule has 0 aromatic heterocycles. The Balaban J connectivity index is 2.18. The zero-order valence-corrected chi connectivity index (χ0v) is 12.0. The third-order valence-corrected chi connectivity index (χ3v) is 3.45. The predicted octanol–water partition coefficient (Wildman–Crippen LogP) is 4.28. The molecule has 0 spiro atoms. The van der Waals surface area contributed by atoms with Crippen LogP contribution in [-0.2, 0) is 5.33 Å². The highest BCUT2D eigenvalue weighted by Crippen LogP contribution is 2.16. The van der Waals surface area contributed by atoms with Crippen LogP contribution in [0, 0.1) is 12.7 Å². The van der Waals surface area contributed by atoms with Gasteiger partial charge in [0.25, 0.3) is 5.91 Å². The van der Waals surface area contributed by atoms with Crippen molar-refractivity contribution in [2.75, 3.05) is 5.32 Å². The molecule has 0 unspecified atom stereocenters. The molecule has 2 nitrogen and oxygen atoms in total. The number of aryl methyl sites for hydroxylation is 1. The lowest BCUT2D eigenvalue weighted by molar-refractivity contribution is 0.102. The molecule has 2 aromatic carbocycles. The Bertz CT molecular complexity index is 596. The van der Waals surface area contributed by atoms with Gasteiger partial charge in [-0.2, -0.15) is 0 Å². The van der Waals surface area contributed by atoms with E-state index in [1.54, 1.807) is 31.2 Å². The van der Waals surface area contributed by atoms with E-state index in [2.05, 4.69) is 21.2 Å². The van der Waals surface area contributed by atoms with E-state index in [1.165, 1.54) is 6.07 Å². The number of alkyl halides is 1. The summed E-state index contributed by atoms with van der Waals surface area (Å²) in [4.78, 5) is 12.0. The molecule has 1 amide bonds. The van der Waals surface area contributed by atoms with Gasteiger partial charge in [-0.1, -0.05) is 40.2 Å². The molecular formula is C15H13BrFNO. The van der Waals surface area contributed by atoms with Gasteiger partial charge in [-0.15, -0.1) is 0 Å². The number of halogens is 2. The van der Waals surface area contributed by atoms with Crippen molar-refractivity contribution in [2.24, 2.45) is 0 Å². The van der Waals surface area contributed by atoms with Gasteiger partial charge < -0.3 is 5.32 Å². The van der Waals surface area contributed by atoms with Crippen LogP contribution in [0.15, 0.2) is 42.5 Å². The van der Waals surface area contributed by atoms with Crippen molar-refractivity contribution in [3.05, 3.63) is 65.0 Å². The van der Waals surface area contributed by atoms with Gasteiger partial charge in [0.1, 0.15) is 5.82 Å². The maximum Gasteiger partial charge on any atom is 0.258 e. The maximum atomic E-state index is 13.8. The second-order valence-electron chi connectivity index (χ2n) is 4.22. The van der Waals surface area contributed by atoms with Crippen LogP contribution in [-0.4, -0.2) is 5.91 Å². The molecule has 0 fully saturated rings. The summed E-state index contributed by atoms with van der Waals surface area (Å²) >= 11 is 3.35. The quantitative estimate of drug-likeness (QED) is 0.840. The van der Waals surface area contributed by atoms with E-state index in [4.69, 9.17) is 0 Å². The van der Waals surface area contributed by atoms with Crippen LogP contribution in [0.3, 0.4) is 0 Å². The van der Waals surface area contributed by atoms with Crippen LogP contribution in [0.25, 0.3) is 0 Å². The van der Waals surface area contributed by atoms with E-state index in [-0.39, 0.29) is 5.56 Å². The molecule has 0 aliphatic carbocycles. The summed E-state index contributed by atoms with van der Waals surface area (Å²) in [6.45, 7) is 1.64. The summed E-state index contributed by atoms with van der Waals surface area (Å²) in [6.07, 6.45) is 0. The van der Waals surface area contributed by atoms with Crippen molar-refractivity contribution in [1.82, 2.24) is 0 Å². The van der Waals surface area contributed by atoms with Crippen molar-refractivity contribution in [3.8, 4) is 0 Å². The Labute approximate surface area is 119 Å². The molecule has 1 N–H and O–H groups in total. The topological polar surface area (TPSA) is 29.1 Å². The Morgan fingerprint density at radius 1 is 1.21 bits per heavy atom. The van der Waals surface area contributed by atoms with Crippen molar-refractivity contribution >= 4 is 27.5 Å². The Morgan fingerprint density at radius 3 is 2.53 bits per heavy atom. The van der Waals surface area contributed by atoms with E-state index in [0.29, 0.717) is 11.3 Å². The highest BCUT2D eigenvalue weighted by molar-refractivity contribution is 9.08. The van der Waals surface area contributed by atoms with Crippen molar-refractivity contribution in [2.45, 2.75) is 12.3 Å². The minimum absolute atomic E-state index is 0.0598. The second-order valence-corrected chi connectivity index (χ2v) is 4.78. The van der Waals surface area contributed by atoms with E-state index >= 15 is 0 Å². The highest BCUT2D eigenvalue weighted by atomic mass is 79.9. The fourth-order valence-electron chi connectivity index (χ4n) is 1.70. The van der Waals surface area contributed by atoms with E-state index in [1.807, 2.05) is 12.1 Å². The van der Waals surface area contributed by atoms with Gasteiger partial charge in [0, 0.05) is 11.0 Å². The number of benzene rings is 2. The summed E-state index contributed by atoms with van der Waals surface area (Å²) in [5.41, 5.74) is 2.28. The van der Waals surface area contributed by atoms with Gasteiger partial charge in [-0.05, 0) is 36.2 Å². The van der Waals surface area contributed by atoms with Gasteiger partial charge in [0.05, 0.1) is 5.56 Å². The molecule has 2 rings (SSSR count). The minimum Gasteiger partial charge on any atom is -0.322 e. The molecule has 98 valence electrons. The van der Waals surface area contributed by atoms with Gasteiger partial charge in [0.15, 0.2) is 0 Å². The first-order valence-corrected chi connectivity index (χ1v) is 6.95. The molecule has 0 aliphatic heterocycles. The smallest absolute Gasteiger partial charge is 0.258 e. The van der Waals surface area contributed by atoms with Crippen LogP contribution in [0.4, 0.5) is 10.1 Å². The summed E-state index contributed by atoms with van der Waals surface area (Å²) < 4.78 is 13.8. The number of nitrogens with one attached hydrogen (secondary N) is 1. The number of carbonyl (C=O) groups excluding carboxylic acids is 1. The number of amides is 1. The predicted molar refractivity (Wildman–Crippen MR) is 78.2 cm³/mol. The average molecular weight is 322 g/mol. The summed E-state index contributed by atoms with van der Waals surface area (Å²) in [5, 5.41) is 3.44. The molecular weight excluding hydrogens is 309 g/mol. The molecule has 0 bridgehead atoms. The lowest BCUT2D eigenvalue weighted by Crippen LogP contribution is -2.14. The molecule has 4 heteroatoms. The fourth-order valence-corrected chi connectivity index (χ4v) is 2.07. The summed E-state index contributed by atoms with van der Waals surface area (Å²) in [5.74, 6) is -0.912. The fraction of sp³-hybridized carbons (Fsp3) is 0.133. The molecule has 19 heavy (non-hydrogen) atoms. The molecule has 0 radical (unpaired) electrons. The summed E-state index contributed by atoms with van der Waals surface area (Å²) in [6, 6.07) is 12.2. The Hall–Kier alpha value is -1.68. The molecule has 2 aromatic rings. The average Bonchev–Trinajstić information content (AvgIpc) is 2.42. The number of hydrogen-bond donors (Lipinski definition) is 1. The van der Waals surface area contributed by atoms with E-state index in [0.717, 1.165) is 10.9 Å². The van der Waals surface area contributed by atoms with Gasteiger partial charge in [-0.25, -0.2) is 4.39 Å². The summed E-state index contributed by atoms with van der Waals surface area (Å²) in [7, 11) is 0. The van der Waals surface area contributed by atoms with Crippen LogP contribution >= 0.6 is 15.9 Å². The van der Waals surface area contributed by atoms with E-state index < -0.39 is 11.7 Å². The third kappa shape index (κ3) is 3.20. The zero-order chi connectivity index (χ0) is 13.8. The molecule has 0 saturated carbocycles. The largest absolute Gasteiger partial charge is 0.322 e. The van der Waals surface area contributed by atoms with Crippen LogP contribution in [0.1, 0.15) is 21.5 Å². The lowest BCUT2D eigenvalue weighted by atomic mass is 10.1. The number of carbonyl (C=O) groups is 1. The Kier molecular flexibility index (Phi) is 4.32. The standard InChI is InChI=1S/C15H13BrFNO/c1-10-3-2-4-13(14(10)17)15(19)18-12-7-5-11(9-16)6-8-12/h2-8H,9H2,1H3,(H,18,19). The first kappa shape index (κ1) is 13.7. The molecule has 0 heterocycles. The van der Waals surface area contributed by atoms with Gasteiger partial charge in [0.2, 0.25) is 0 Å². The van der Waals surface area contributed by atoms with Crippen LogP contribution in [0.5, 0.6) is 0 Å². The minimum atomic E-state index is -0.475. The van der Waals surface area contributed by atoms with E-state index in [9.17, 15) is 9.18 Å². The monoisotopic (exact) mass is 321 g/mol. The third-order valence-electron chi connectivity index (χ3n) is 2.80. The number of hydrogen-bond acceptors (Lipinski definition) is 1. The molecule has 0 aliphatic rings. The van der Waals surface area contributed by atoms with Crippen molar-refractivity contribution < 1.29 is 9.18 Å². The zero-order valence-electron chi connectivity index (χ0n) is 10.4. The van der Waals surface area contributed by atoms with Crippen molar-refractivity contribution in [1.29, 1.82) is 0 Å². The van der Waals surface area contributed by atoms with Crippen LogP contribution < -0.4 is 5.32 Å². The molecule has 0 atom stereocenters. The number of rotatable bonds is 3. The number of anilines is 1. The molecule has 0 saturated heterocycles. The first-order valence-electron chi connectivity index (χ1n) is 5.83. The maximum absolute atomic E-state index is 13.8. The second kappa shape index (κ2) is 5.97. The van der Waals surface area contributed by atoms with Gasteiger partial charge >= 0.3 is 0 Å².